The summed E-state index contributed by atoms with van der Waals surface area (Å²) in [5.74, 6) is 0.854. The first kappa shape index (κ1) is 10.5. The van der Waals surface area contributed by atoms with Crippen LogP contribution in [0.4, 0.5) is 0 Å². The number of hydrogen-bond acceptors (Lipinski definition) is 2. The van der Waals surface area contributed by atoms with Crippen LogP contribution >= 0.6 is 0 Å². The average molecular weight is 184 g/mol. The minimum absolute atomic E-state index is 0.126. The molecule has 0 aliphatic heterocycles. The Bertz CT molecular complexity index is 166. The third-order valence-electron chi connectivity index (χ3n) is 2.78. The molecule has 1 aliphatic carbocycles. The van der Waals surface area contributed by atoms with Crippen LogP contribution in [0.1, 0.15) is 33.1 Å². The lowest BCUT2D eigenvalue weighted by Gasteiger charge is -2.31. The van der Waals surface area contributed by atoms with Crippen molar-refractivity contribution in [3.8, 4) is 0 Å². The standard InChI is InChI=1S/C10H20N2O/c1-3-11-7-10(13)12-8(2)9-5-4-6-9/h8-9,11H,3-7H2,1-2H3,(H,12,13). The maximum Gasteiger partial charge on any atom is 0.234 e. The molecular weight excluding hydrogens is 164 g/mol. The molecule has 2 N–H and O–H groups in total. The molecule has 0 aromatic rings. The molecule has 1 saturated carbocycles. The van der Waals surface area contributed by atoms with Gasteiger partial charge in [-0.15, -0.1) is 0 Å². The molecule has 13 heavy (non-hydrogen) atoms. The van der Waals surface area contributed by atoms with Gasteiger partial charge in [-0.3, -0.25) is 4.79 Å². The van der Waals surface area contributed by atoms with Crippen LogP contribution in [0.3, 0.4) is 0 Å². The zero-order valence-corrected chi connectivity index (χ0v) is 8.60. The fourth-order valence-electron chi connectivity index (χ4n) is 1.60. The Morgan fingerprint density at radius 2 is 2.23 bits per heavy atom. The van der Waals surface area contributed by atoms with Crippen LogP contribution in [0.5, 0.6) is 0 Å². The van der Waals surface area contributed by atoms with E-state index in [2.05, 4.69) is 17.6 Å². The molecule has 0 aromatic heterocycles. The number of hydrogen-bond donors (Lipinski definition) is 2. The summed E-state index contributed by atoms with van der Waals surface area (Å²) >= 11 is 0. The third-order valence-corrected chi connectivity index (χ3v) is 2.78. The SMILES string of the molecule is CCNCC(=O)NC(C)C1CCC1. The van der Waals surface area contributed by atoms with Gasteiger partial charge in [0.05, 0.1) is 6.54 Å². The van der Waals surface area contributed by atoms with E-state index in [0.29, 0.717) is 12.6 Å². The Labute approximate surface area is 80.3 Å². The van der Waals surface area contributed by atoms with Crippen molar-refractivity contribution in [3.63, 3.8) is 0 Å². The number of carbonyl (C=O) groups is 1. The van der Waals surface area contributed by atoms with Crippen molar-refractivity contribution in [1.82, 2.24) is 10.6 Å². The summed E-state index contributed by atoms with van der Waals surface area (Å²) in [6, 6.07) is 0.361. The molecule has 1 amide bonds. The van der Waals surface area contributed by atoms with E-state index in [1.807, 2.05) is 6.92 Å². The number of likely N-dealkylation sites (N-methyl/N-ethyl adjacent to an activating group) is 1. The second kappa shape index (κ2) is 5.22. The third kappa shape index (κ3) is 3.35. The van der Waals surface area contributed by atoms with Gasteiger partial charge in [0.25, 0.3) is 0 Å². The van der Waals surface area contributed by atoms with Crippen LogP contribution in [0.15, 0.2) is 0 Å². The molecule has 3 heteroatoms. The first-order valence-corrected chi connectivity index (χ1v) is 5.24. The molecule has 0 radical (unpaired) electrons. The average Bonchev–Trinajstić information content (AvgIpc) is 1.97. The lowest BCUT2D eigenvalue weighted by molar-refractivity contribution is -0.121. The Kier molecular flexibility index (Phi) is 4.22. The van der Waals surface area contributed by atoms with Gasteiger partial charge in [0.15, 0.2) is 0 Å². The second-order valence-electron chi connectivity index (χ2n) is 3.83. The minimum atomic E-state index is 0.126. The van der Waals surface area contributed by atoms with E-state index in [0.717, 1.165) is 12.5 Å². The highest BCUT2D eigenvalue weighted by Gasteiger charge is 2.24. The van der Waals surface area contributed by atoms with Crippen molar-refractivity contribution in [2.45, 2.75) is 39.2 Å². The molecule has 1 atom stereocenters. The van der Waals surface area contributed by atoms with E-state index in [9.17, 15) is 4.79 Å². The van der Waals surface area contributed by atoms with E-state index in [-0.39, 0.29) is 5.91 Å². The Balaban J connectivity index is 2.11. The molecule has 1 fully saturated rings. The van der Waals surface area contributed by atoms with Gasteiger partial charge in [0.2, 0.25) is 5.91 Å². The predicted molar refractivity (Wildman–Crippen MR) is 53.5 cm³/mol. The van der Waals surface area contributed by atoms with Crippen molar-refractivity contribution in [3.05, 3.63) is 0 Å². The second-order valence-corrected chi connectivity index (χ2v) is 3.83. The maximum atomic E-state index is 11.3. The number of carbonyl (C=O) groups excluding carboxylic acids is 1. The van der Waals surface area contributed by atoms with Gasteiger partial charge in [-0.2, -0.15) is 0 Å². The van der Waals surface area contributed by atoms with Crippen LogP contribution in [0, 0.1) is 5.92 Å². The summed E-state index contributed by atoms with van der Waals surface area (Å²) in [4.78, 5) is 11.3. The van der Waals surface area contributed by atoms with E-state index in [1.54, 1.807) is 0 Å². The normalized spacial score (nSPS) is 19.2. The van der Waals surface area contributed by atoms with Crippen LogP contribution in [-0.4, -0.2) is 25.0 Å². The Hall–Kier alpha value is -0.570. The van der Waals surface area contributed by atoms with Crippen molar-refractivity contribution < 1.29 is 4.79 Å². The topological polar surface area (TPSA) is 41.1 Å². The fourth-order valence-corrected chi connectivity index (χ4v) is 1.60. The molecule has 0 aromatic carbocycles. The van der Waals surface area contributed by atoms with E-state index < -0.39 is 0 Å². The van der Waals surface area contributed by atoms with Gasteiger partial charge < -0.3 is 10.6 Å². The number of rotatable bonds is 5. The van der Waals surface area contributed by atoms with Crippen LogP contribution in [-0.2, 0) is 4.79 Å². The van der Waals surface area contributed by atoms with E-state index in [1.165, 1.54) is 19.3 Å². The van der Waals surface area contributed by atoms with Crippen LogP contribution in [0.2, 0.25) is 0 Å². The van der Waals surface area contributed by atoms with Crippen molar-refractivity contribution in [2.24, 2.45) is 5.92 Å². The van der Waals surface area contributed by atoms with Gasteiger partial charge in [-0.05, 0) is 32.2 Å². The van der Waals surface area contributed by atoms with Crippen molar-refractivity contribution in [2.75, 3.05) is 13.1 Å². The molecule has 0 bridgehead atoms. The van der Waals surface area contributed by atoms with Crippen molar-refractivity contribution in [1.29, 1.82) is 0 Å². The molecule has 1 rings (SSSR count). The summed E-state index contributed by atoms with van der Waals surface area (Å²) in [6.07, 6.45) is 3.89. The van der Waals surface area contributed by atoms with Gasteiger partial charge in [-0.25, -0.2) is 0 Å². The zero-order chi connectivity index (χ0) is 9.68. The molecule has 0 saturated heterocycles. The van der Waals surface area contributed by atoms with E-state index >= 15 is 0 Å². The molecule has 0 heterocycles. The number of amides is 1. The monoisotopic (exact) mass is 184 g/mol. The zero-order valence-electron chi connectivity index (χ0n) is 8.60. The maximum absolute atomic E-state index is 11.3. The summed E-state index contributed by atoms with van der Waals surface area (Å²) in [6.45, 7) is 5.41. The quantitative estimate of drug-likeness (QED) is 0.666. The summed E-state index contributed by atoms with van der Waals surface area (Å²) < 4.78 is 0. The summed E-state index contributed by atoms with van der Waals surface area (Å²) in [7, 11) is 0. The van der Waals surface area contributed by atoms with E-state index in [4.69, 9.17) is 0 Å². The molecular formula is C10H20N2O. The lowest BCUT2D eigenvalue weighted by atomic mass is 9.80. The highest BCUT2D eigenvalue weighted by Crippen LogP contribution is 2.29. The van der Waals surface area contributed by atoms with Gasteiger partial charge >= 0.3 is 0 Å². The number of nitrogens with one attached hydrogen (secondary N) is 2. The van der Waals surface area contributed by atoms with Crippen molar-refractivity contribution >= 4 is 5.91 Å². The van der Waals surface area contributed by atoms with Crippen LogP contribution < -0.4 is 10.6 Å². The highest BCUT2D eigenvalue weighted by atomic mass is 16.1. The minimum Gasteiger partial charge on any atom is -0.352 e. The summed E-state index contributed by atoms with van der Waals surface area (Å²) in [5.41, 5.74) is 0. The first-order valence-electron chi connectivity index (χ1n) is 5.24. The summed E-state index contributed by atoms with van der Waals surface area (Å²) in [5, 5.41) is 6.03. The predicted octanol–water partition coefficient (Wildman–Crippen LogP) is 0.901. The van der Waals surface area contributed by atoms with Gasteiger partial charge in [-0.1, -0.05) is 13.3 Å². The molecule has 1 aliphatic rings. The fraction of sp³-hybridized carbons (Fsp3) is 0.900. The smallest absolute Gasteiger partial charge is 0.234 e. The lowest BCUT2D eigenvalue weighted by Crippen LogP contribution is -2.44. The molecule has 76 valence electrons. The Morgan fingerprint density at radius 3 is 2.69 bits per heavy atom. The molecule has 3 nitrogen and oxygen atoms in total. The molecule has 1 unspecified atom stereocenters. The largest absolute Gasteiger partial charge is 0.352 e. The Morgan fingerprint density at radius 1 is 1.54 bits per heavy atom. The highest BCUT2D eigenvalue weighted by molar-refractivity contribution is 5.78. The van der Waals surface area contributed by atoms with Gasteiger partial charge in [0.1, 0.15) is 0 Å². The van der Waals surface area contributed by atoms with Gasteiger partial charge in [0, 0.05) is 6.04 Å². The molecule has 0 spiro atoms. The van der Waals surface area contributed by atoms with Crippen LogP contribution in [0.25, 0.3) is 0 Å². The first-order chi connectivity index (χ1) is 6.24.